The van der Waals surface area contributed by atoms with Crippen molar-refractivity contribution in [2.45, 2.75) is 34.0 Å². The van der Waals surface area contributed by atoms with Gasteiger partial charge in [0.15, 0.2) is 0 Å². The maximum Gasteiger partial charge on any atom is 0.251 e. The molecule has 0 atom stereocenters. The quantitative estimate of drug-likeness (QED) is 0.826. The second kappa shape index (κ2) is 7.53. The second-order valence-corrected chi connectivity index (χ2v) is 6.10. The van der Waals surface area contributed by atoms with Gasteiger partial charge in [-0.2, -0.15) is 0 Å². The Bertz CT molecular complexity index is 753. The first-order valence-corrected chi connectivity index (χ1v) is 8.12. The van der Waals surface area contributed by atoms with Crippen molar-refractivity contribution in [3.05, 3.63) is 63.4 Å². The van der Waals surface area contributed by atoms with Crippen LogP contribution in [0.25, 0.3) is 0 Å². The topological polar surface area (TPSA) is 51.3 Å². The number of hydrogen-bond donors (Lipinski definition) is 1. The van der Waals surface area contributed by atoms with E-state index in [1.807, 2.05) is 42.7 Å². The molecule has 0 spiro atoms. The zero-order chi connectivity index (χ0) is 17.0. The first-order valence-electron chi connectivity index (χ1n) is 7.71. The van der Waals surface area contributed by atoms with Gasteiger partial charge in [0.05, 0.1) is 12.2 Å². The molecule has 1 heterocycles. The number of benzene rings is 1. The molecule has 23 heavy (non-hydrogen) atoms. The van der Waals surface area contributed by atoms with Crippen molar-refractivity contribution in [3.63, 3.8) is 0 Å². The summed E-state index contributed by atoms with van der Waals surface area (Å²) in [4.78, 5) is 14.0. The molecule has 0 aliphatic heterocycles. The molecule has 0 fully saturated rings. The van der Waals surface area contributed by atoms with Crippen LogP contribution in [0.3, 0.4) is 0 Å². The van der Waals surface area contributed by atoms with Crippen LogP contribution in [0.15, 0.2) is 36.4 Å². The van der Waals surface area contributed by atoms with Gasteiger partial charge in [-0.05, 0) is 37.6 Å². The largest absolute Gasteiger partial charge is 0.365 e. The predicted octanol–water partition coefficient (Wildman–Crippen LogP) is 3.41. The van der Waals surface area contributed by atoms with Gasteiger partial charge in [-0.3, -0.25) is 9.69 Å². The van der Waals surface area contributed by atoms with Crippen LogP contribution in [0.4, 0.5) is 0 Å². The van der Waals surface area contributed by atoms with Crippen LogP contribution in [0, 0.1) is 18.5 Å². The highest BCUT2D eigenvalue weighted by Gasteiger charge is 2.14. The van der Waals surface area contributed by atoms with Crippen LogP contribution in [-0.4, -0.2) is 21.9 Å². The molecule has 1 aromatic carbocycles. The zero-order valence-electron chi connectivity index (χ0n) is 13.9. The average Bonchev–Trinajstić information content (AvgIpc) is 2.50. The van der Waals surface area contributed by atoms with Crippen LogP contribution >= 0.6 is 12.2 Å². The molecule has 0 aliphatic rings. The van der Waals surface area contributed by atoms with Gasteiger partial charge < -0.3 is 10.3 Å². The lowest BCUT2D eigenvalue weighted by atomic mass is 10.1. The Morgan fingerprint density at radius 3 is 2.48 bits per heavy atom. The maximum atomic E-state index is 11.7. The van der Waals surface area contributed by atoms with E-state index < -0.39 is 5.91 Å². The van der Waals surface area contributed by atoms with Gasteiger partial charge in [-0.1, -0.05) is 49.5 Å². The lowest BCUT2D eigenvalue weighted by Gasteiger charge is -2.24. The van der Waals surface area contributed by atoms with Crippen molar-refractivity contribution in [1.82, 2.24) is 9.47 Å². The summed E-state index contributed by atoms with van der Waals surface area (Å²) >= 11 is 5.51. The number of nitrogens with zero attached hydrogens (tertiary/aromatic N) is 2. The number of carbonyl (C=O) groups is 1. The molecule has 2 aromatic rings. The van der Waals surface area contributed by atoms with E-state index in [2.05, 4.69) is 24.0 Å². The van der Waals surface area contributed by atoms with Crippen molar-refractivity contribution in [2.75, 3.05) is 6.54 Å². The number of aromatic nitrogens is 1. The third-order valence-electron chi connectivity index (χ3n) is 3.99. The van der Waals surface area contributed by atoms with Crippen molar-refractivity contribution in [2.24, 2.45) is 5.73 Å². The van der Waals surface area contributed by atoms with E-state index in [-0.39, 0.29) is 0 Å². The molecule has 0 bridgehead atoms. The molecule has 122 valence electrons. The van der Waals surface area contributed by atoms with Gasteiger partial charge in [-0.15, -0.1) is 0 Å². The van der Waals surface area contributed by atoms with Crippen LogP contribution in [-0.2, 0) is 13.2 Å². The Balaban J connectivity index is 2.32. The number of carbonyl (C=O) groups excluding carboxylic acids is 1. The summed E-state index contributed by atoms with van der Waals surface area (Å²) in [7, 11) is 0. The van der Waals surface area contributed by atoms with Gasteiger partial charge in [0, 0.05) is 12.2 Å². The summed E-state index contributed by atoms with van der Waals surface area (Å²) in [5.41, 5.74) is 9.05. The minimum Gasteiger partial charge on any atom is -0.365 e. The minimum absolute atomic E-state index is 0.446. The van der Waals surface area contributed by atoms with E-state index in [9.17, 15) is 4.79 Å². The molecule has 1 aromatic heterocycles. The summed E-state index contributed by atoms with van der Waals surface area (Å²) in [5, 5.41) is 0. The first-order chi connectivity index (χ1) is 10.9. The number of amides is 1. The first kappa shape index (κ1) is 17.4. The Morgan fingerprint density at radius 2 is 1.91 bits per heavy atom. The van der Waals surface area contributed by atoms with Crippen LogP contribution < -0.4 is 5.73 Å². The molecular weight excluding hydrogens is 306 g/mol. The van der Waals surface area contributed by atoms with Crippen molar-refractivity contribution >= 4 is 18.1 Å². The number of pyridine rings is 1. The van der Waals surface area contributed by atoms with Gasteiger partial charge in [0.25, 0.3) is 5.91 Å². The fourth-order valence-electron chi connectivity index (χ4n) is 2.71. The van der Waals surface area contributed by atoms with Gasteiger partial charge in [-0.25, -0.2) is 0 Å². The third kappa shape index (κ3) is 4.06. The van der Waals surface area contributed by atoms with Crippen molar-refractivity contribution < 1.29 is 4.79 Å². The monoisotopic (exact) mass is 329 g/mol. The van der Waals surface area contributed by atoms with Gasteiger partial charge in [0.1, 0.15) is 4.64 Å². The normalized spacial score (nSPS) is 11.0. The van der Waals surface area contributed by atoms with Gasteiger partial charge in [0.2, 0.25) is 0 Å². The Hall–Kier alpha value is -1.98. The molecule has 4 nitrogen and oxygen atoms in total. The zero-order valence-corrected chi connectivity index (χ0v) is 14.7. The van der Waals surface area contributed by atoms with E-state index in [0.29, 0.717) is 16.9 Å². The average molecular weight is 329 g/mol. The highest BCUT2D eigenvalue weighted by molar-refractivity contribution is 7.71. The number of hydrogen-bond acceptors (Lipinski definition) is 3. The molecule has 0 saturated carbocycles. The molecule has 1 amide bonds. The van der Waals surface area contributed by atoms with E-state index in [1.54, 1.807) is 0 Å². The lowest BCUT2D eigenvalue weighted by molar-refractivity contribution is 0.0997. The standard InChI is InChI=1S/C18H23N3OS/c1-4-20(11-15-8-6-5-7-9-15)12-21-14(3)10-13(2)16(17(19)22)18(21)23/h5-10H,4,11-12H2,1-3H3,(H2,19,22). The molecule has 5 heteroatoms. The lowest BCUT2D eigenvalue weighted by Crippen LogP contribution is -2.28. The van der Waals surface area contributed by atoms with Crippen LogP contribution in [0.2, 0.25) is 0 Å². The fourth-order valence-corrected chi connectivity index (χ4v) is 3.17. The fraction of sp³-hybridized carbons (Fsp3) is 0.333. The molecule has 2 rings (SSSR count). The second-order valence-electron chi connectivity index (χ2n) is 5.71. The minimum atomic E-state index is -0.465. The Labute approximate surface area is 142 Å². The predicted molar refractivity (Wildman–Crippen MR) is 95.8 cm³/mol. The van der Waals surface area contributed by atoms with Gasteiger partial charge >= 0.3 is 0 Å². The highest BCUT2D eigenvalue weighted by Crippen LogP contribution is 2.15. The van der Waals surface area contributed by atoms with Crippen LogP contribution in [0.1, 0.15) is 34.1 Å². The number of nitrogens with two attached hydrogens (primary N) is 1. The van der Waals surface area contributed by atoms with Crippen LogP contribution in [0.5, 0.6) is 0 Å². The molecule has 0 aliphatic carbocycles. The summed E-state index contributed by atoms with van der Waals surface area (Å²) in [6, 6.07) is 12.3. The SMILES string of the molecule is CCN(Cc1ccccc1)Cn1c(C)cc(C)c(C(N)=O)c1=S. The molecular formula is C18H23N3OS. The summed E-state index contributed by atoms with van der Waals surface area (Å²) in [5.74, 6) is -0.465. The van der Waals surface area contributed by atoms with E-state index in [1.165, 1.54) is 5.56 Å². The smallest absolute Gasteiger partial charge is 0.251 e. The maximum absolute atomic E-state index is 11.7. The molecule has 0 saturated heterocycles. The Kier molecular flexibility index (Phi) is 5.69. The molecule has 2 N–H and O–H groups in total. The van der Waals surface area contributed by atoms with E-state index >= 15 is 0 Å². The van der Waals surface area contributed by atoms with E-state index in [0.717, 1.165) is 24.3 Å². The molecule has 0 unspecified atom stereocenters. The summed E-state index contributed by atoms with van der Waals surface area (Å²) in [6.07, 6.45) is 0. The van der Waals surface area contributed by atoms with E-state index in [4.69, 9.17) is 18.0 Å². The summed E-state index contributed by atoms with van der Waals surface area (Å²) in [6.45, 7) is 8.34. The molecule has 0 radical (unpaired) electrons. The number of rotatable bonds is 6. The number of primary amides is 1. The highest BCUT2D eigenvalue weighted by atomic mass is 32.1. The number of aryl methyl sites for hydroxylation is 2. The van der Waals surface area contributed by atoms with Crippen molar-refractivity contribution in [1.29, 1.82) is 0 Å². The Morgan fingerprint density at radius 1 is 1.26 bits per heavy atom. The summed E-state index contributed by atoms with van der Waals surface area (Å²) < 4.78 is 2.50. The third-order valence-corrected chi connectivity index (χ3v) is 4.41. The van der Waals surface area contributed by atoms with Crippen molar-refractivity contribution in [3.8, 4) is 0 Å².